The number of fused-ring (bicyclic) bond motifs is 3. The number of β-amino-alcohol motifs (C(OH)–C–C–N with tert-alkyl or cyclic N) is 1. The molecule has 4 aromatic rings. The van der Waals surface area contributed by atoms with Crippen molar-refractivity contribution in [2.45, 2.75) is 62.9 Å². The van der Waals surface area contributed by atoms with Gasteiger partial charge in [0.05, 0.1) is 31.4 Å². The van der Waals surface area contributed by atoms with Crippen LogP contribution in [0, 0.1) is 0 Å². The van der Waals surface area contributed by atoms with Crippen LogP contribution < -0.4 is 19.5 Å². The molecule has 1 aromatic heterocycles. The van der Waals surface area contributed by atoms with E-state index in [4.69, 9.17) is 18.9 Å². The van der Waals surface area contributed by atoms with Gasteiger partial charge in [0.25, 0.3) is 0 Å². The highest BCUT2D eigenvalue weighted by atomic mass is 16.5. The standard InChI is InChI=1S/C36H47N3O6/c1-42-35-21-25(16-19-43-32-11-5-4-10-31(32)39-18-15-26(40)23-39)13-14-33(35)44-20-17-37-22-27(41)24-45-34-12-6-9-30-36(34)28-7-2-3-8-29(28)38-30/h2-3,6-9,12-14,21,26-27,31-32,37-38,40-41H,4-5,10-11,15-20,22-24H2,1H3/t26?,27?,31-,32-/m1/s1. The third-order valence-electron chi connectivity index (χ3n) is 9.12. The number of likely N-dealkylation sites (tertiary alicyclic amines) is 1. The minimum atomic E-state index is -0.660. The van der Waals surface area contributed by atoms with Crippen LogP contribution in [0.5, 0.6) is 17.2 Å². The lowest BCUT2D eigenvalue weighted by Crippen LogP contribution is -2.46. The molecule has 0 radical (unpaired) electrons. The highest BCUT2D eigenvalue weighted by Gasteiger charge is 2.34. The smallest absolute Gasteiger partial charge is 0.161 e. The van der Waals surface area contributed by atoms with E-state index in [-0.39, 0.29) is 18.8 Å². The van der Waals surface area contributed by atoms with Gasteiger partial charge in [-0.25, -0.2) is 0 Å². The first-order chi connectivity index (χ1) is 22.1. The van der Waals surface area contributed by atoms with E-state index >= 15 is 0 Å². The zero-order valence-electron chi connectivity index (χ0n) is 26.2. The molecular formula is C36H47N3O6. The molecule has 2 heterocycles. The molecule has 2 fully saturated rings. The molecule has 9 heteroatoms. The number of aromatic nitrogens is 1. The van der Waals surface area contributed by atoms with Crippen LogP contribution >= 0.6 is 0 Å². The number of para-hydroxylation sites is 1. The molecule has 0 bridgehead atoms. The number of methoxy groups -OCH3 is 1. The second-order valence-electron chi connectivity index (χ2n) is 12.3. The van der Waals surface area contributed by atoms with Gasteiger partial charge in [-0.15, -0.1) is 0 Å². The number of nitrogens with one attached hydrogen (secondary N) is 2. The first kappa shape index (κ1) is 31.6. The van der Waals surface area contributed by atoms with E-state index in [0.717, 1.165) is 71.9 Å². The van der Waals surface area contributed by atoms with Gasteiger partial charge in [-0.3, -0.25) is 4.90 Å². The van der Waals surface area contributed by atoms with Crippen molar-refractivity contribution in [3.05, 3.63) is 66.2 Å². The minimum absolute atomic E-state index is 0.189. The number of rotatable bonds is 15. The summed E-state index contributed by atoms with van der Waals surface area (Å²) >= 11 is 0. The minimum Gasteiger partial charge on any atom is -0.493 e. The monoisotopic (exact) mass is 617 g/mol. The normalized spacial score (nSPS) is 21.4. The Kier molecular flexibility index (Phi) is 10.8. The van der Waals surface area contributed by atoms with Gasteiger partial charge in [-0.05, 0) is 61.6 Å². The summed E-state index contributed by atoms with van der Waals surface area (Å²) < 4.78 is 24.0. The Hall–Kier alpha value is -3.34. The topological polar surface area (TPSA) is 108 Å². The van der Waals surface area contributed by atoms with Gasteiger partial charge in [0.15, 0.2) is 11.5 Å². The lowest BCUT2D eigenvalue weighted by atomic mass is 9.91. The van der Waals surface area contributed by atoms with Gasteiger partial charge in [-0.1, -0.05) is 43.2 Å². The zero-order valence-corrected chi connectivity index (χ0v) is 26.2. The summed E-state index contributed by atoms with van der Waals surface area (Å²) in [6, 6.07) is 20.6. The van der Waals surface area contributed by atoms with Crippen LogP contribution in [0.3, 0.4) is 0 Å². The van der Waals surface area contributed by atoms with Crippen LogP contribution in [0.15, 0.2) is 60.7 Å². The fraction of sp³-hybridized carbons (Fsp3) is 0.500. The molecule has 242 valence electrons. The Labute approximate surface area is 265 Å². The van der Waals surface area contributed by atoms with Crippen molar-refractivity contribution in [3.8, 4) is 17.2 Å². The Bertz CT molecular complexity index is 1530. The largest absolute Gasteiger partial charge is 0.493 e. The van der Waals surface area contributed by atoms with Crippen LogP contribution in [0.1, 0.15) is 37.7 Å². The lowest BCUT2D eigenvalue weighted by Gasteiger charge is -2.37. The van der Waals surface area contributed by atoms with Gasteiger partial charge in [0, 0.05) is 48.5 Å². The summed E-state index contributed by atoms with van der Waals surface area (Å²) in [4.78, 5) is 5.85. The number of H-pyrrole nitrogens is 1. The van der Waals surface area contributed by atoms with Crippen LogP contribution in [-0.2, 0) is 11.2 Å². The molecule has 6 rings (SSSR count). The summed E-state index contributed by atoms with van der Waals surface area (Å²) in [6.07, 6.45) is 5.75. The predicted octanol–water partition coefficient (Wildman–Crippen LogP) is 4.67. The Morgan fingerprint density at radius 2 is 1.80 bits per heavy atom. The number of aromatic amines is 1. The molecule has 1 saturated heterocycles. The van der Waals surface area contributed by atoms with Crippen molar-refractivity contribution in [1.29, 1.82) is 0 Å². The SMILES string of the molecule is COc1cc(CCO[C@@H]2CCCC[C@H]2N2CCC(O)C2)ccc1OCCNCC(O)COc1cccc2[nH]c3ccccc3c12. The summed E-state index contributed by atoms with van der Waals surface area (Å²) in [6.45, 7) is 4.00. The van der Waals surface area contributed by atoms with Crippen LogP contribution in [0.25, 0.3) is 21.8 Å². The van der Waals surface area contributed by atoms with Crippen molar-refractivity contribution < 1.29 is 29.2 Å². The van der Waals surface area contributed by atoms with Crippen LogP contribution in [-0.4, -0.2) is 97.6 Å². The summed E-state index contributed by atoms with van der Waals surface area (Å²) in [5.41, 5.74) is 3.23. The van der Waals surface area contributed by atoms with Crippen LogP contribution in [0.4, 0.5) is 0 Å². The van der Waals surface area contributed by atoms with E-state index in [0.29, 0.717) is 43.8 Å². The van der Waals surface area contributed by atoms with E-state index in [2.05, 4.69) is 33.4 Å². The maximum absolute atomic E-state index is 10.5. The molecule has 45 heavy (non-hydrogen) atoms. The molecular weight excluding hydrogens is 570 g/mol. The molecule has 9 nitrogen and oxygen atoms in total. The predicted molar refractivity (Wildman–Crippen MR) is 177 cm³/mol. The zero-order chi connectivity index (χ0) is 31.0. The van der Waals surface area contributed by atoms with E-state index in [1.807, 2.05) is 42.5 Å². The third kappa shape index (κ3) is 7.91. The van der Waals surface area contributed by atoms with E-state index in [9.17, 15) is 10.2 Å². The number of ether oxygens (including phenoxy) is 4. The first-order valence-electron chi connectivity index (χ1n) is 16.4. The second kappa shape index (κ2) is 15.3. The average Bonchev–Trinajstić information content (AvgIpc) is 3.68. The van der Waals surface area contributed by atoms with E-state index < -0.39 is 6.10 Å². The number of aliphatic hydroxyl groups excluding tert-OH is 2. The Balaban J connectivity index is 0.910. The Morgan fingerprint density at radius 3 is 2.67 bits per heavy atom. The van der Waals surface area contributed by atoms with E-state index in [1.54, 1.807) is 7.11 Å². The van der Waals surface area contributed by atoms with Gasteiger partial charge < -0.3 is 39.5 Å². The molecule has 4 N–H and O–H groups in total. The van der Waals surface area contributed by atoms with Crippen molar-refractivity contribution in [1.82, 2.24) is 15.2 Å². The highest BCUT2D eigenvalue weighted by molar-refractivity contribution is 6.10. The van der Waals surface area contributed by atoms with Crippen LogP contribution in [0.2, 0.25) is 0 Å². The third-order valence-corrected chi connectivity index (χ3v) is 9.12. The number of nitrogens with zero attached hydrogens (tertiary/aromatic N) is 1. The quantitative estimate of drug-likeness (QED) is 0.143. The number of benzene rings is 3. The van der Waals surface area contributed by atoms with E-state index in [1.165, 1.54) is 12.8 Å². The fourth-order valence-electron chi connectivity index (χ4n) is 6.81. The van der Waals surface area contributed by atoms with Gasteiger partial charge in [0.1, 0.15) is 25.1 Å². The van der Waals surface area contributed by atoms with Crippen molar-refractivity contribution in [3.63, 3.8) is 0 Å². The summed E-state index contributed by atoms with van der Waals surface area (Å²) in [5.74, 6) is 2.16. The van der Waals surface area contributed by atoms with Crippen molar-refractivity contribution in [2.75, 3.05) is 53.1 Å². The maximum atomic E-state index is 10.5. The van der Waals surface area contributed by atoms with Gasteiger partial charge in [0.2, 0.25) is 0 Å². The fourth-order valence-corrected chi connectivity index (χ4v) is 6.81. The Morgan fingerprint density at radius 1 is 0.933 bits per heavy atom. The molecule has 0 amide bonds. The molecule has 1 aliphatic heterocycles. The number of aliphatic hydroxyl groups is 2. The van der Waals surface area contributed by atoms with Gasteiger partial charge in [-0.2, -0.15) is 0 Å². The second-order valence-corrected chi connectivity index (χ2v) is 12.3. The molecule has 0 spiro atoms. The summed E-state index contributed by atoms with van der Waals surface area (Å²) in [7, 11) is 1.66. The molecule has 2 aliphatic rings. The summed E-state index contributed by atoms with van der Waals surface area (Å²) in [5, 5.41) is 25.9. The molecule has 4 atom stereocenters. The number of hydrogen-bond acceptors (Lipinski definition) is 8. The van der Waals surface area contributed by atoms with Crippen molar-refractivity contribution >= 4 is 21.8 Å². The van der Waals surface area contributed by atoms with Gasteiger partial charge >= 0.3 is 0 Å². The molecule has 3 aromatic carbocycles. The number of hydrogen-bond donors (Lipinski definition) is 4. The average molecular weight is 618 g/mol. The molecule has 2 unspecified atom stereocenters. The van der Waals surface area contributed by atoms with Crippen molar-refractivity contribution in [2.24, 2.45) is 0 Å². The molecule has 1 aliphatic carbocycles. The lowest BCUT2D eigenvalue weighted by molar-refractivity contribution is -0.0316. The first-order valence-corrected chi connectivity index (χ1v) is 16.4. The maximum Gasteiger partial charge on any atom is 0.161 e. The molecule has 1 saturated carbocycles. The highest BCUT2D eigenvalue weighted by Crippen LogP contribution is 2.33.